The molecule has 0 spiro atoms. The van der Waals surface area contributed by atoms with E-state index in [0.29, 0.717) is 46.2 Å². The molecule has 0 bridgehead atoms. The van der Waals surface area contributed by atoms with Gasteiger partial charge in [-0.1, -0.05) is 55.5 Å². The summed E-state index contributed by atoms with van der Waals surface area (Å²) in [4.78, 5) is 43.1. The molecule has 0 aliphatic carbocycles. The van der Waals surface area contributed by atoms with Crippen molar-refractivity contribution in [3.63, 3.8) is 0 Å². The number of nitrogens with one attached hydrogen (secondary N) is 1. The fourth-order valence-electron chi connectivity index (χ4n) is 5.95. The van der Waals surface area contributed by atoms with Crippen molar-refractivity contribution in [3.8, 4) is 0 Å². The van der Waals surface area contributed by atoms with Gasteiger partial charge in [-0.25, -0.2) is 9.98 Å². The number of hydrogen-bond acceptors (Lipinski definition) is 5. The van der Waals surface area contributed by atoms with Crippen molar-refractivity contribution in [1.29, 1.82) is 0 Å². The van der Waals surface area contributed by atoms with Crippen LogP contribution >= 0.6 is 11.8 Å². The molecule has 0 unspecified atom stereocenters. The van der Waals surface area contributed by atoms with Crippen LogP contribution in [0.5, 0.6) is 0 Å². The predicted octanol–water partition coefficient (Wildman–Crippen LogP) is 7.02. The maximum atomic E-state index is 14.0. The predicted molar refractivity (Wildman–Crippen MR) is 183 cm³/mol. The summed E-state index contributed by atoms with van der Waals surface area (Å²) in [7, 11) is 0. The van der Waals surface area contributed by atoms with Crippen molar-refractivity contribution in [2.75, 3.05) is 6.54 Å². The summed E-state index contributed by atoms with van der Waals surface area (Å²) < 4.78 is 3.57. The molecule has 1 amide bonds. The molecule has 1 aliphatic rings. The smallest absolute Gasteiger partial charge is 0.280 e. The second kappa shape index (κ2) is 11.7. The molecule has 224 valence electrons. The third-order valence-corrected chi connectivity index (χ3v) is 9.21. The second-order valence-electron chi connectivity index (χ2n) is 11.1. The number of para-hydroxylation sites is 3. The Bertz CT molecular complexity index is 2210. The van der Waals surface area contributed by atoms with E-state index in [1.165, 1.54) is 11.8 Å². The summed E-state index contributed by atoms with van der Waals surface area (Å²) in [6.07, 6.45) is 5.21. The van der Waals surface area contributed by atoms with Crippen molar-refractivity contribution in [3.05, 3.63) is 135 Å². The Hall–Kier alpha value is -5.15. The number of carbonyl (C=O) groups excluding carboxylic acids is 1. The summed E-state index contributed by atoms with van der Waals surface area (Å²) in [6, 6.07) is 27.3. The average molecular weight is 613 g/mol. The zero-order valence-corrected chi connectivity index (χ0v) is 26.1. The van der Waals surface area contributed by atoms with Gasteiger partial charge in [0.25, 0.3) is 11.5 Å². The Kier molecular flexibility index (Phi) is 7.47. The molecule has 4 heterocycles. The van der Waals surface area contributed by atoms with Gasteiger partial charge >= 0.3 is 0 Å². The van der Waals surface area contributed by atoms with Crippen molar-refractivity contribution in [1.82, 2.24) is 24.2 Å². The molecular formula is C36H32N6O2S. The maximum absolute atomic E-state index is 14.0. The van der Waals surface area contributed by atoms with E-state index < -0.39 is 0 Å². The van der Waals surface area contributed by atoms with Gasteiger partial charge in [-0.15, -0.1) is 0 Å². The van der Waals surface area contributed by atoms with Gasteiger partial charge in [0.05, 0.1) is 21.5 Å². The molecule has 0 atom stereocenters. The first-order chi connectivity index (χ1) is 21.9. The highest BCUT2D eigenvalue weighted by atomic mass is 32.2. The lowest BCUT2D eigenvalue weighted by Crippen LogP contribution is -2.32. The number of fused-ring (bicyclic) bond motifs is 2. The second-order valence-corrected chi connectivity index (χ2v) is 12.1. The third-order valence-electron chi connectivity index (χ3n) is 8.21. The molecule has 0 saturated carbocycles. The van der Waals surface area contributed by atoms with E-state index in [4.69, 9.17) is 9.98 Å². The lowest BCUT2D eigenvalue weighted by molar-refractivity contribution is -0.122. The first-order valence-electron chi connectivity index (χ1n) is 15.0. The molecule has 1 fully saturated rings. The summed E-state index contributed by atoms with van der Waals surface area (Å²) in [6.45, 7) is 6.43. The van der Waals surface area contributed by atoms with Crippen molar-refractivity contribution in [2.45, 2.75) is 33.6 Å². The third kappa shape index (κ3) is 5.19. The van der Waals surface area contributed by atoms with E-state index in [1.54, 1.807) is 9.58 Å². The Morgan fingerprint density at radius 3 is 2.44 bits per heavy atom. The van der Waals surface area contributed by atoms with Gasteiger partial charge in [-0.05, 0) is 85.6 Å². The quantitative estimate of drug-likeness (QED) is 0.196. The summed E-state index contributed by atoms with van der Waals surface area (Å²) in [5.41, 5.74) is 6.18. The molecule has 3 aromatic carbocycles. The molecule has 8 nitrogen and oxygen atoms in total. The van der Waals surface area contributed by atoms with Crippen molar-refractivity contribution >= 4 is 56.4 Å². The number of nitrogens with zero attached hydrogens (tertiary/aromatic N) is 5. The Morgan fingerprint density at radius 2 is 1.64 bits per heavy atom. The number of aliphatic imine (C=N–C) groups is 1. The van der Waals surface area contributed by atoms with Gasteiger partial charge in [0.2, 0.25) is 0 Å². The van der Waals surface area contributed by atoms with Gasteiger partial charge in [0.1, 0.15) is 5.82 Å². The van der Waals surface area contributed by atoms with Crippen LogP contribution in [-0.4, -0.2) is 41.8 Å². The van der Waals surface area contributed by atoms with Crippen LogP contribution in [0.3, 0.4) is 0 Å². The van der Waals surface area contributed by atoms with Gasteiger partial charge in [0.15, 0.2) is 5.17 Å². The molecule has 9 heteroatoms. The number of aromatic amines is 1. The number of H-pyrrole nitrogens is 1. The lowest BCUT2D eigenvalue weighted by Gasteiger charge is -2.17. The number of carbonyl (C=O) groups is 1. The van der Waals surface area contributed by atoms with Crippen LogP contribution in [0.4, 0.5) is 5.69 Å². The minimum atomic E-state index is -0.120. The van der Waals surface area contributed by atoms with Crippen molar-refractivity contribution < 1.29 is 4.79 Å². The lowest BCUT2D eigenvalue weighted by atomic mass is 10.1. The topological polar surface area (TPSA) is 88.3 Å². The Balaban J connectivity index is 1.26. The van der Waals surface area contributed by atoms with Crippen LogP contribution in [0.2, 0.25) is 0 Å². The normalized spacial score (nSPS) is 15.4. The molecular weight excluding hydrogens is 581 g/mol. The standard InChI is InChI=1S/C36H32N6O2S/c1-4-33-39-31-17-11-9-15-29(31)34(43)42(33)41-23(2)20-26(24(41)3)21-32-35(44)40(36(45-32)38-27-12-6-5-7-13-27)19-18-25-22-37-30-16-10-8-14-28(25)30/h5-17,20-22,37H,4,18-19H2,1-3H3. The summed E-state index contributed by atoms with van der Waals surface area (Å²) in [5.74, 6) is 0.588. The Morgan fingerprint density at radius 1 is 0.911 bits per heavy atom. The average Bonchev–Trinajstić information content (AvgIpc) is 3.69. The summed E-state index contributed by atoms with van der Waals surface area (Å²) >= 11 is 1.38. The number of amides is 1. The van der Waals surface area contributed by atoms with Crippen molar-refractivity contribution in [2.24, 2.45) is 4.99 Å². The monoisotopic (exact) mass is 612 g/mol. The van der Waals surface area contributed by atoms with E-state index in [1.807, 2.05) is 111 Å². The zero-order valence-electron chi connectivity index (χ0n) is 25.3. The SMILES string of the molecule is CCc1nc2ccccc2c(=O)n1-n1c(C)cc(C=C2SC(=Nc3ccccc3)N(CCc3c[nH]c4ccccc34)C2=O)c1C. The Labute approximate surface area is 264 Å². The van der Waals surface area contributed by atoms with E-state index in [-0.39, 0.29) is 11.5 Å². The first-order valence-corrected chi connectivity index (χ1v) is 15.8. The fraction of sp³-hybridized carbons (Fsp3) is 0.167. The number of aryl methyl sites for hydroxylation is 2. The van der Waals surface area contributed by atoms with Gasteiger partial charge in [0, 0.05) is 41.5 Å². The molecule has 3 aromatic heterocycles. The largest absolute Gasteiger partial charge is 0.361 e. The van der Waals surface area contributed by atoms with Crippen LogP contribution in [0, 0.1) is 13.8 Å². The maximum Gasteiger partial charge on any atom is 0.280 e. The number of amidine groups is 1. The first kappa shape index (κ1) is 28.6. The van der Waals surface area contributed by atoms with Crippen LogP contribution in [0.25, 0.3) is 27.9 Å². The van der Waals surface area contributed by atoms with E-state index in [2.05, 4.69) is 17.1 Å². The molecule has 1 saturated heterocycles. The number of hydrogen-bond donors (Lipinski definition) is 1. The van der Waals surface area contributed by atoms with E-state index in [9.17, 15) is 9.59 Å². The van der Waals surface area contributed by atoms with E-state index in [0.717, 1.165) is 39.1 Å². The molecule has 0 radical (unpaired) electrons. The highest BCUT2D eigenvalue weighted by Crippen LogP contribution is 2.35. The highest BCUT2D eigenvalue weighted by Gasteiger charge is 2.34. The van der Waals surface area contributed by atoms with Crippen LogP contribution < -0.4 is 5.56 Å². The minimum absolute atomic E-state index is 0.0851. The van der Waals surface area contributed by atoms with E-state index >= 15 is 0 Å². The van der Waals surface area contributed by atoms with Crippen LogP contribution in [0.1, 0.15) is 35.3 Å². The molecule has 1 aliphatic heterocycles. The van der Waals surface area contributed by atoms with Crippen LogP contribution in [0.15, 0.2) is 106 Å². The number of aromatic nitrogens is 4. The number of rotatable bonds is 7. The molecule has 1 N–H and O–H groups in total. The highest BCUT2D eigenvalue weighted by molar-refractivity contribution is 8.18. The van der Waals surface area contributed by atoms with Gasteiger partial charge in [-0.2, -0.15) is 4.68 Å². The number of thioether (sulfide) groups is 1. The molecule has 7 rings (SSSR count). The molecule has 45 heavy (non-hydrogen) atoms. The van der Waals surface area contributed by atoms with Gasteiger partial charge < -0.3 is 4.98 Å². The fourth-order valence-corrected chi connectivity index (χ4v) is 6.97. The van der Waals surface area contributed by atoms with Gasteiger partial charge in [-0.3, -0.25) is 19.2 Å². The summed E-state index contributed by atoms with van der Waals surface area (Å²) in [5, 5.41) is 2.37. The molecule has 6 aromatic rings. The minimum Gasteiger partial charge on any atom is -0.361 e. The van der Waals surface area contributed by atoms with Crippen LogP contribution in [-0.2, 0) is 17.6 Å². The zero-order chi connectivity index (χ0) is 31.1. The number of benzene rings is 3.